The standard InChI is InChI=1S/C20H19N3O2/c1-12(15-9-6-13-4-2-3-5-16(13)10-15)21-20(25)17-11-18(24)23-19(22-17)14-7-8-14/h2-6,9-12,14H,7-8H2,1H3,(H,21,25)(H,22,23,24). The van der Waals surface area contributed by atoms with Gasteiger partial charge in [-0.15, -0.1) is 0 Å². The minimum absolute atomic E-state index is 0.178. The van der Waals surface area contributed by atoms with Gasteiger partial charge in [-0.2, -0.15) is 0 Å². The van der Waals surface area contributed by atoms with Gasteiger partial charge in [-0.05, 0) is 42.2 Å². The molecule has 0 saturated heterocycles. The molecule has 0 spiro atoms. The largest absolute Gasteiger partial charge is 0.344 e. The predicted molar refractivity (Wildman–Crippen MR) is 96.7 cm³/mol. The summed E-state index contributed by atoms with van der Waals surface area (Å²) in [5.41, 5.74) is 0.915. The molecule has 5 nitrogen and oxygen atoms in total. The average molecular weight is 333 g/mol. The van der Waals surface area contributed by atoms with Crippen molar-refractivity contribution in [2.45, 2.75) is 31.7 Å². The smallest absolute Gasteiger partial charge is 0.270 e. The number of aromatic amines is 1. The van der Waals surface area contributed by atoms with Crippen molar-refractivity contribution in [3.8, 4) is 0 Å². The van der Waals surface area contributed by atoms with E-state index in [0.717, 1.165) is 29.2 Å². The second-order valence-corrected chi connectivity index (χ2v) is 6.59. The molecule has 126 valence electrons. The maximum atomic E-state index is 12.5. The molecule has 1 aliphatic rings. The molecule has 1 heterocycles. The van der Waals surface area contributed by atoms with Gasteiger partial charge in [0.1, 0.15) is 11.5 Å². The number of benzene rings is 2. The maximum absolute atomic E-state index is 12.5. The molecule has 1 amide bonds. The number of hydrogen-bond donors (Lipinski definition) is 2. The van der Waals surface area contributed by atoms with Crippen molar-refractivity contribution < 1.29 is 4.79 Å². The molecule has 3 aromatic rings. The zero-order valence-corrected chi connectivity index (χ0v) is 14.0. The van der Waals surface area contributed by atoms with Gasteiger partial charge in [-0.3, -0.25) is 9.59 Å². The SMILES string of the molecule is CC(NC(=O)c1cc(=O)[nH]c(C2CC2)n1)c1ccc2ccccc2c1. The highest BCUT2D eigenvalue weighted by Crippen LogP contribution is 2.37. The van der Waals surface area contributed by atoms with Crippen LogP contribution in [0.1, 0.15) is 53.6 Å². The average Bonchev–Trinajstić information content (AvgIpc) is 3.46. The topological polar surface area (TPSA) is 74.8 Å². The van der Waals surface area contributed by atoms with Crippen LogP contribution in [0.15, 0.2) is 53.3 Å². The third-order valence-electron chi connectivity index (χ3n) is 4.58. The maximum Gasteiger partial charge on any atom is 0.270 e. The van der Waals surface area contributed by atoms with Crippen molar-refractivity contribution in [2.75, 3.05) is 0 Å². The summed E-state index contributed by atoms with van der Waals surface area (Å²) in [6.07, 6.45) is 2.03. The summed E-state index contributed by atoms with van der Waals surface area (Å²) in [4.78, 5) is 31.3. The molecule has 0 bridgehead atoms. The van der Waals surface area contributed by atoms with E-state index in [1.165, 1.54) is 6.07 Å². The van der Waals surface area contributed by atoms with E-state index in [9.17, 15) is 9.59 Å². The van der Waals surface area contributed by atoms with E-state index in [2.05, 4.69) is 27.4 Å². The first-order valence-electron chi connectivity index (χ1n) is 8.51. The Kier molecular flexibility index (Phi) is 3.84. The molecule has 1 unspecified atom stereocenters. The summed E-state index contributed by atoms with van der Waals surface area (Å²) in [6, 6.07) is 15.3. The van der Waals surface area contributed by atoms with Gasteiger partial charge in [-0.25, -0.2) is 4.98 Å². The van der Waals surface area contributed by atoms with E-state index in [-0.39, 0.29) is 23.2 Å². The monoisotopic (exact) mass is 333 g/mol. The first-order chi connectivity index (χ1) is 12.1. The minimum Gasteiger partial charge on any atom is -0.344 e. The zero-order valence-electron chi connectivity index (χ0n) is 14.0. The molecule has 0 radical (unpaired) electrons. The molecule has 1 atom stereocenters. The summed E-state index contributed by atoms with van der Waals surface area (Å²) >= 11 is 0. The molecule has 25 heavy (non-hydrogen) atoms. The van der Waals surface area contributed by atoms with Crippen molar-refractivity contribution in [3.05, 3.63) is 76.0 Å². The Bertz CT molecular complexity index is 1000. The van der Waals surface area contributed by atoms with Gasteiger partial charge in [0, 0.05) is 12.0 Å². The number of carbonyl (C=O) groups is 1. The first-order valence-corrected chi connectivity index (χ1v) is 8.51. The van der Waals surface area contributed by atoms with E-state index >= 15 is 0 Å². The Hall–Kier alpha value is -2.95. The van der Waals surface area contributed by atoms with Gasteiger partial charge >= 0.3 is 0 Å². The Morgan fingerprint density at radius 1 is 1.16 bits per heavy atom. The lowest BCUT2D eigenvalue weighted by molar-refractivity contribution is 0.0934. The van der Waals surface area contributed by atoms with Crippen LogP contribution in [-0.2, 0) is 0 Å². The fourth-order valence-electron chi connectivity index (χ4n) is 2.97. The number of carbonyl (C=O) groups excluding carboxylic acids is 1. The molecule has 1 aliphatic carbocycles. The number of amides is 1. The fourth-order valence-corrected chi connectivity index (χ4v) is 2.97. The van der Waals surface area contributed by atoms with E-state index in [0.29, 0.717) is 11.7 Å². The van der Waals surface area contributed by atoms with Crippen LogP contribution in [0.3, 0.4) is 0 Å². The van der Waals surface area contributed by atoms with Crippen LogP contribution in [0.2, 0.25) is 0 Å². The number of rotatable bonds is 4. The molecular weight excluding hydrogens is 314 g/mol. The lowest BCUT2D eigenvalue weighted by atomic mass is 10.0. The van der Waals surface area contributed by atoms with Crippen molar-refractivity contribution >= 4 is 16.7 Å². The second-order valence-electron chi connectivity index (χ2n) is 6.59. The molecule has 5 heteroatoms. The van der Waals surface area contributed by atoms with Crippen molar-refractivity contribution in [1.29, 1.82) is 0 Å². The molecule has 1 fully saturated rings. The van der Waals surface area contributed by atoms with Gasteiger partial charge in [0.15, 0.2) is 0 Å². The molecular formula is C20H19N3O2. The summed E-state index contributed by atoms with van der Waals surface area (Å²) < 4.78 is 0. The van der Waals surface area contributed by atoms with Crippen molar-refractivity contribution in [1.82, 2.24) is 15.3 Å². The lowest BCUT2D eigenvalue weighted by Crippen LogP contribution is -2.29. The molecule has 2 N–H and O–H groups in total. The van der Waals surface area contributed by atoms with E-state index in [1.807, 2.05) is 37.3 Å². The van der Waals surface area contributed by atoms with Gasteiger partial charge in [-0.1, -0.05) is 36.4 Å². The Balaban J connectivity index is 1.56. The highest BCUT2D eigenvalue weighted by atomic mass is 16.2. The number of aromatic nitrogens is 2. The molecule has 4 rings (SSSR count). The highest BCUT2D eigenvalue weighted by molar-refractivity contribution is 5.92. The number of nitrogens with zero attached hydrogens (tertiary/aromatic N) is 1. The number of hydrogen-bond acceptors (Lipinski definition) is 3. The van der Waals surface area contributed by atoms with Crippen molar-refractivity contribution in [3.63, 3.8) is 0 Å². The number of nitrogens with one attached hydrogen (secondary N) is 2. The molecule has 1 saturated carbocycles. The van der Waals surface area contributed by atoms with Crippen LogP contribution in [0, 0.1) is 0 Å². The normalized spacial score (nSPS) is 15.1. The number of fused-ring (bicyclic) bond motifs is 1. The lowest BCUT2D eigenvalue weighted by Gasteiger charge is -2.15. The second kappa shape index (κ2) is 6.16. The zero-order chi connectivity index (χ0) is 17.4. The van der Waals surface area contributed by atoms with E-state index < -0.39 is 0 Å². The summed E-state index contributed by atoms with van der Waals surface area (Å²) in [6.45, 7) is 1.93. The Labute approximate surface area is 145 Å². The first kappa shape index (κ1) is 15.6. The van der Waals surface area contributed by atoms with Crippen LogP contribution in [0.5, 0.6) is 0 Å². The third kappa shape index (κ3) is 3.31. The Morgan fingerprint density at radius 2 is 1.92 bits per heavy atom. The van der Waals surface area contributed by atoms with Gasteiger partial charge in [0.25, 0.3) is 11.5 Å². The van der Waals surface area contributed by atoms with Gasteiger partial charge < -0.3 is 10.3 Å². The van der Waals surface area contributed by atoms with Crippen LogP contribution in [-0.4, -0.2) is 15.9 Å². The van der Waals surface area contributed by atoms with Crippen LogP contribution < -0.4 is 10.9 Å². The summed E-state index contributed by atoms with van der Waals surface area (Å²) in [7, 11) is 0. The minimum atomic E-state index is -0.325. The van der Waals surface area contributed by atoms with Crippen LogP contribution in [0.25, 0.3) is 10.8 Å². The Morgan fingerprint density at radius 3 is 2.68 bits per heavy atom. The number of H-pyrrole nitrogens is 1. The van der Waals surface area contributed by atoms with Crippen molar-refractivity contribution in [2.24, 2.45) is 0 Å². The van der Waals surface area contributed by atoms with Crippen LogP contribution in [0.4, 0.5) is 0 Å². The van der Waals surface area contributed by atoms with E-state index in [1.54, 1.807) is 0 Å². The highest BCUT2D eigenvalue weighted by Gasteiger charge is 2.27. The summed E-state index contributed by atoms with van der Waals surface area (Å²) in [5, 5.41) is 5.23. The fraction of sp³-hybridized carbons (Fsp3) is 0.250. The third-order valence-corrected chi connectivity index (χ3v) is 4.58. The van der Waals surface area contributed by atoms with Gasteiger partial charge in [0.2, 0.25) is 0 Å². The summed E-state index contributed by atoms with van der Waals surface area (Å²) in [5.74, 6) is 0.586. The quantitative estimate of drug-likeness (QED) is 0.769. The predicted octanol–water partition coefficient (Wildman–Crippen LogP) is 3.29. The molecule has 2 aromatic carbocycles. The molecule has 0 aliphatic heterocycles. The van der Waals surface area contributed by atoms with E-state index in [4.69, 9.17) is 0 Å². The van der Waals surface area contributed by atoms with Crippen LogP contribution >= 0.6 is 0 Å². The van der Waals surface area contributed by atoms with Gasteiger partial charge in [0.05, 0.1) is 6.04 Å². The molecule has 1 aromatic heterocycles.